The Balaban J connectivity index is -0.000000199. The van der Waals surface area contributed by atoms with Crippen molar-refractivity contribution in [3.63, 3.8) is 0 Å². The van der Waals surface area contributed by atoms with E-state index < -0.39 is 16.2 Å². The lowest BCUT2D eigenvalue weighted by Gasteiger charge is -2.22. The number of alkyl halides is 2. The summed E-state index contributed by atoms with van der Waals surface area (Å²) in [5, 5.41) is 1.26. The zero-order valence-electron chi connectivity index (χ0n) is 36.1. The highest BCUT2D eigenvalue weighted by atomic mass is 79.9. The summed E-state index contributed by atoms with van der Waals surface area (Å²) < 4.78 is 19.4. The summed E-state index contributed by atoms with van der Waals surface area (Å²) in [5.74, 6) is -0.0397. The van der Waals surface area contributed by atoms with Crippen LogP contribution in [-0.4, -0.2) is 83.6 Å². The van der Waals surface area contributed by atoms with Gasteiger partial charge in [0.2, 0.25) is 0 Å². The third kappa shape index (κ3) is 40.4. The van der Waals surface area contributed by atoms with E-state index in [4.69, 9.17) is 49.0 Å². The number of halogens is 4. The minimum atomic E-state index is -0.717. The van der Waals surface area contributed by atoms with Crippen LogP contribution >= 0.6 is 62.5 Å². The van der Waals surface area contributed by atoms with Crippen molar-refractivity contribution in [1.82, 2.24) is 0 Å². The normalized spacial score (nSPS) is 10.9. The molecular weight excluding hydrogens is 859 g/mol. The lowest BCUT2D eigenvalue weighted by atomic mass is 9.88. The molecule has 0 N–H and O–H groups in total. The fraction of sp³-hybridized carbons (Fsp3) is 0.750. The predicted molar refractivity (Wildman–Crippen MR) is 233 cm³/mol. The van der Waals surface area contributed by atoms with Crippen LogP contribution in [0, 0.1) is 22.2 Å². The fourth-order valence-electron chi connectivity index (χ4n) is 3.37. The first kappa shape index (κ1) is 62.6. The summed E-state index contributed by atoms with van der Waals surface area (Å²) in [5.41, 5.74) is -1.98. The topological polar surface area (TPSA) is 139 Å². The van der Waals surface area contributed by atoms with E-state index in [1.807, 2.05) is 13.8 Å². The van der Waals surface area contributed by atoms with Crippen LogP contribution < -0.4 is 0 Å². The average molecular weight is 929 g/mol. The van der Waals surface area contributed by atoms with Crippen LogP contribution in [0.3, 0.4) is 0 Å². The number of esters is 4. The molecule has 0 saturated heterocycles. The van der Waals surface area contributed by atoms with E-state index in [0.717, 1.165) is 0 Å². The summed E-state index contributed by atoms with van der Waals surface area (Å²) in [6.07, 6.45) is 0.916. The first-order chi connectivity index (χ1) is 24.9. The molecule has 0 aliphatic rings. The molecule has 0 heterocycles. The Labute approximate surface area is 360 Å². The van der Waals surface area contributed by atoms with Gasteiger partial charge in [-0.2, -0.15) is 0 Å². The monoisotopic (exact) mass is 926 g/mol. The van der Waals surface area contributed by atoms with Crippen molar-refractivity contribution in [2.45, 2.75) is 128 Å². The van der Waals surface area contributed by atoms with Gasteiger partial charge in [0.1, 0.15) is 11.6 Å². The third-order valence-corrected chi connectivity index (χ3v) is 8.80. The van der Waals surface area contributed by atoms with Crippen molar-refractivity contribution in [2.75, 3.05) is 43.4 Å². The summed E-state index contributed by atoms with van der Waals surface area (Å²) in [7, 11) is 0. The highest BCUT2D eigenvalue weighted by Gasteiger charge is 2.33. The zero-order valence-corrected chi connectivity index (χ0v) is 40.7. The molecule has 0 aliphatic heterocycles. The highest BCUT2D eigenvalue weighted by Crippen LogP contribution is 2.28. The van der Waals surface area contributed by atoms with E-state index >= 15 is 0 Å². The quantitative estimate of drug-likeness (QED) is 0.0737. The number of Topliss-reactive ketones (excluding diaryl/α,β-unsaturated/α-hetero) is 2. The van der Waals surface area contributed by atoms with Crippen LogP contribution in [-0.2, 0) is 47.7 Å². The molecule has 324 valence electrons. The molecule has 55 heavy (non-hydrogen) atoms. The largest absolute Gasteiger partial charge is 0.466 e. The van der Waals surface area contributed by atoms with E-state index in [9.17, 15) is 28.8 Å². The molecule has 0 aromatic carbocycles. The van der Waals surface area contributed by atoms with Gasteiger partial charge in [-0.25, -0.2) is 0 Å². The first-order valence-corrected chi connectivity index (χ1v) is 21.4. The van der Waals surface area contributed by atoms with Crippen LogP contribution in [0.25, 0.3) is 0 Å². The molecule has 0 fully saturated rings. The zero-order chi connectivity index (χ0) is 44.8. The van der Waals surface area contributed by atoms with Gasteiger partial charge >= 0.3 is 23.9 Å². The molecular formula is C40H70BrCl3O10S. The Morgan fingerprint density at radius 3 is 1.13 bits per heavy atom. The van der Waals surface area contributed by atoms with Crippen molar-refractivity contribution < 1.29 is 47.7 Å². The number of carbonyl (C=O) groups excluding carboxylic acids is 6. The first-order valence-electron chi connectivity index (χ1n) is 18.0. The van der Waals surface area contributed by atoms with Crippen LogP contribution in [0.15, 0.2) is 23.2 Å². The number of hydrogen-bond donors (Lipinski definition) is 0. The number of thioether (sulfide) groups is 1. The van der Waals surface area contributed by atoms with Crippen molar-refractivity contribution in [1.29, 1.82) is 0 Å². The Morgan fingerprint density at radius 1 is 0.600 bits per heavy atom. The molecule has 0 bridgehead atoms. The van der Waals surface area contributed by atoms with Gasteiger partial charge in [-0.15, -0.1) is 23.4 Å². The number of ketones is 2. The van der Waals surface area contributed by atoms with E-state index in [-0.39, 0.29) is 64.3 Å². The summed E-state index contributed by atoms with van der Waals surface area (Å²) in [6.45, 7) is 35.9. The molecule has 15 heteroatoms. The maximum atomic E-state index is 11.8. The number of hydrogen-bond acceptors (Lipinski definition) is 11. The van der Waals surface area contributed by atoms with Gasteiger partial charge in [0.25, 0.3) is 0 Å². The fourth-order valence-corrected chi connectivity index (χ4v) is 4.59. The molecule has 0 spiro atoms. The van der Waals surface area contributed by atoms with Crippen LogP contribution in [0.1, 0.15) is 123 Å². The number of carbonyl (C=O) groups is 6. The van der Waals surface area contributed by atoms with Gasteiger partial charge in [-0.05, 0) is 75.7 Å². The molecule has 0 aromatic heterocycles. The van der Waals surface area contributed by atoms with Gasteiger partial charge in [-0.1, -0.05) is 86.9 Å². The van der Waals surface area contributed by atoms with Gasteiger partial charge in [0.05, 0.1) is 65.6 Å². The Morgan fingerprint density at radius 2 is 0.909 bits per heavy atom. The molecule has 0 radical (unpaired) electrons. The maximum absolute atomic E-state index is 11.8. The number of allylic oxidation sites excluding steroid dienone is 2. The van der Waals surface area contributed by atoms with Gasteiger partial charge in [0, 0.05) is 27.7 Å². The lowest BCUT2D eigenvalue weighted by molar-refractivity contribution is -0.155. The Bertz CT molecular complexity index is 1180. The van der Waals surface area contributed by atoms with Crippen LogP contribution in [0.5, 0.6) is 0 Å². The molecule has 0 aliphatic carbocycles. The smallest absolute Gasteiger partial charge is 0.311 e. The van der Waals surface area contributed by atoms with Crippen molar-refractivity contribution >= 4 is 97.9 Å². The minimum absolute atomic E-state index is 0.00921. The molecule has 10 nitrogen and oxygen atoms in total. The molecule has 0 rings (SSSR count). The molecule has 0 amide bonds. The maximum Gasteiger partial charge on any atom is 0.311 e. The standard InChI is InChI=1S/C13H24O3S.C9H15BrO3.C9H15ClO2.C6H12O2.C3H4Cl2/c1-7-16-11(15)13(5,6)8-10(14)9-17-12(2,3)4;1-4-13-8(12)9(2,3)5-7(11)6-10;1-5-12-8(11)9(3,4)6-7(2)10;1-4-8-6(7)5(2)3;1-3(5)2-4/h7-9H2,1-6H3;4-6H2,1-3H3;2,5-6H2,1,3-4H3;5H,4H2,1-3H3;1-2H2. The van der Waals surface area contributed by atoms with Crippen LogP contribution in [0.2, 0.25) is 0 Å². The van der Waals surface area contributed by atoms with Crippen LogP contribution in [0.4, 0.5) is 0 Å². The second kappa shape index (κ2) is 33.4. The predicted octanol–water partition coefficient (Wildman–Crippen LogP) is 10.9. The molecule has 0 saturated carbocycles. The van der Waals surface area contributed by atoms with Gasteiger partial charge in [-0.3, -0.25) is 28.8 Å². The summed E-state index contributed by atoms with van der Waals surface area (Å²) >= 11 is 20.5. The Hall–Kier alpha value is -1.60. The summed E-state index contributed by atoms with van der Waals surface area (Å²) in [4.78, 5) is 67.6. The molecule has 0 atom stereocenters. The average Bonchev–Trinajstić information content (AvgIpc) is 3.04. The van der Waals surface area contributed by atoms with E-state index in [1.165, 1.54) is 0 Å². The second-order valence-electron chi connectivity index (χ2n) is 15.0. The van der Waals surface area contributed by atoms with Gasteiger partial charge in [0.15, 0.2) is 0 Å². The highest BCUT2D eigenvalue weighted by molar-refractivity contribution is 9.09. The third-order valence-electron chi connectivity index (χ3n) is 6.11. The summed E-state index contributed by atoms with van der Waals surface area (Å²) in [6, 6.07) is 0. The SMILES string of the molecule is C=C(Cl)CC(C)(C)C(=O)OCC.C=C(Cl)CCl.CCOC(=O)C(C)(C)CC(=O)CBr.CCOC(=O)C(C)(C)CC(=O)CSC(C)(C)C.CCOC(=O)C(C)C. The van der Waals surface area contributed by atoms with Gasteiger partial charge < -0.3 is 18.9 Å². The van der Waals surface area contributed by atoms with E-state index in [2.05, 4.69) is 54.6 Å². The Kier molecular flexibility index (Phi) is 38.0. The van der Waals surface area contributed by atoms with Crippen molar-refractivity contribution in [3.05, 3.63) is 23.2 Å². The number of ether oxygens (including phenoxy) is 4. The minimum Gasteiger partial charge on any atom is -0.466 e. The van der Waals surface area contributed by atoms with Crippen molar-refractivity contribution in [2.24, 2.45) is 22.2 Å². The van der Waals surface area contributed by atoms with E-state index in [1.54, 1.807) is 81.0 Å². The second-order valence-corrected chi connectivity index (χ2v) is 18.7. The molecule has 0 unspecified atom stereocenters. The van der Waals surface area contributed by atoms with E-state index in [0.29, 0.717) is 54.5 Å². The number of rotatable bonds is 18. The van der Waals surface area contributed by atoms with Crippen molar-refractivity contribution in [3.8, 4) is 0 Å². The lowest BCUT2D eigenvalue weighted by Crippen LogP contribution is -2.30. The molecule has 0 aromatic rings.